The number of halogens is 1. The lowest BCUT2D eigenvalue weighted by Gasteiger charge is -2.25. The van der Waals surface area contributed by atoms with Gasteiger partial charge in [-0.3, -0.25) is 9.89 Å². The maximum absolute atomic E-state index is 5.11. The summed E-state index contributed by atoms with van der Waals surface area (Å²) in [6.07, 6.45) is 2.45. The predicted molar refractivity (Wildman–Crippen MR) is 113 cm³/mol. The first-order valence-corrected chi connectivity index (χ1v) is 8.76. The molecule has 1 aromatic heterocycles. The van der Waals surface area contributed by atoms with Crippen molar-refractivity contribution in [3.8, 4) is 0 Å². The van der Waals surface area contributed by atoms with Crippen molar-refractivity contribution in [3.05, 3.63) is 47.6 Å². The summed E-state index contributed by atoms with van der Waals surface area (Å²) in [5.41, 5.74) is 1.36. The Morgan fingerprint density at radius 2 is 2.12 bits per heavy atom. The van der Waals surface area contributed by atoms with Crippen molar-refractivity contribution in [1.29, 1.82) is 0 Å². The number of nitrogens with one attached hydrogen (secondary N) is 2. The van der Waals surface area contributed by atoms with Gasteiger partial charge in [0.25, 0.3) is 0 Å². The molecule has 0 amide bonds. The molecule has 1 unspecified atom stereocenters. The first kappa shape index (κ1) is 20.6. The molecule has 2 aromatic rings. The largest absolute Gasteiger partial charge is 0.355 e. The van der Waals surface area contributed by atoms with Gasteiger partial charge in [0.1, 0.15) is 0 Å². The third-order valence-electron chi connectivity index (χ3n) is 4.43. The van der Waals surface area contributed by atoms with Gasteiger partial charge in [0.2, 0.25) is 5.89 Å². The van der Waals surface area contributed by atoms with E-state index in [4.69, 9.17) is 4.52 Å². The lowest BCUT2D eigenvalue weighted by molar-refractivity contribution is 0.245. The molecule has 0 radical (unpaired) electrons. The van der Waals surface area contributed by atoms with Gasteiger partial charge in [-0.1, -0.05) is 35.5 Å². The van der Waals surface area contributed by atoms with Crippen LogP contribution in [0.25, 0.3) is 0 Å². The van der Waals surface area contributed by atoms with Gasteiger partial charge in [-0.25, -0.2) is 0 Å². The van der Waals surface area contributed by atoms with Crippen LogP contribution in [0.15, 0.2) is 39.8 Å². The van der Waals surface area contributed by atoms with Crippen LogP contribution in [0, 0.1) is 6.92 Å². The SMILES string of the molecule is CN=C(NCc1nc(C)no1)NCC1CCCN1Cc1ccccc1.I. The number of nitrogens with zero attached hydrogens (tertiary/aromatic N) is 4. The molecule has 1 atom stereocenters. The van der Waals surface area contributed by atoms with E-state index in [0.717, 1.165) is 25.6 Å². The van der Waals surface area contributed by atoms with E-state index in [1.54, 1.807) is 7.05 Å². The van der Waals surface area contributed by atoms with E-state index >= 15 is 0 Å². The van der Waals surface area contributed by atoms with E-state index in [9.17, 15) is 0 Å². The minimum Gasteiger partial charge on any atom is -0.355 e. The zero-order chi connectivity index (χ0) is 17.5. The summed E-state index contributed by atoms with van der Waals surface area (Å²) in [5.74, 6) is 1.96. The Labute approximate surface area is 171 Å². The minimum atomic E-state index is 0. The van der Waals surface area contributed by atoms with Gasteiger partial charge in [0, 0.05) is 26.2 Å². The fourth-order valence-corrected chi connectivity index (χ4v) is 3.16. The van der Waals surface area contributed by atoms with E-state index < -0.39 is 0 Å². The Balaban J connectivity index is 0.00000243. The Morgan fingerprint density at radius 1 is 1.31 bits per heavy atom. The molecule has 0 aliphatic carbocycles. The van der Waals surface area contributed by atoms with Crippen molar-refractivity contribution in [3.63, 3.8) is 0 Å². The lowest BCUT2D eigenvalue weighted by atomic mass is 10.2. The Morgan fingerprint density at radius 3 is 2.81 bits per heavy atom. The normalized spacial score (nSPS) is 17.8. The molecule has 0 bridgehead atoms. The molecule has 1 aromatic carbocycles. The first-order chi connectivity index (χ1) is 12.2. The summed E-state index contributed by atoms with van der Waals surface area (Å²) >= 11 is 0. The van der Waals surface area contributed by atoms with Gasteiger partial charge in [-0.15, -0.1) is 24.0 Å². The van der Waals surface area contributed by atoms with E-state index in [1.165, 1.54) is 18.4 Å². The number of likely N-dealkylation sites (tertiary alicyclic amines) is 1. The van der Waals surface area contributed by atoms with Gasteiger partial charge in [0.15, 0.2) is 11.8 Å². The topological polar surface area (TPSA) is 78.6 Å². The van der Waals surface area contributed by atoms with Crippen LogP contribution in [0.5, 0.6) is 0 Å². The third-order valence-corrected chi connectivity index (χ3v) is 4.43. The van der Waals surface area contributed by atoms with E-state index in [0.29, 0.717) is 24.3 Å². The first-order valence-electron chi connectivity index (χ1n) is 8.76. The zero-order valence-electron chi connectivity index (χ0n) is 15.3. The van der Waals surface area contributed by atoms with Crippen LogP contribution in [0.1, 0.15) is 30.1 Å². The summed E-state index contributed by atoms with van der Waals surface area (Å²) in [6.45, 7) is 5.30. The Hall–Kier alpha value is -1.68. The molecule has 142 valence electrons. The number of rotatable bonds is 6. The number of hydrogen-bond acceptors (Lipinski definition) is 5. The molecule has 1 fully saturated rings. The van der Waals surface area contributed by atoms with Crippen molar-refractivity contribution in [2.24, 2.45) is 4.99 Å². The van der Waals surface area contributed by atoms with Gasteiger partial charge < -0.3 is 15.2 Å². The zero-order valence-corrected chi connectivity index (χ0v) is 17.6. The summed E-state index contributed by atoms with van der Waals surface area (Å²) in [4.78, 5) is 11.0. The summed E-state index contributed by atoms with van der Waals surface area (Å²) < 4.78 is 5.11. The number of benzene rings is 1. The number of guanidine groups is 1. The molecule has 8 heteroatoms. The molecule has 2 N–H and O–H groups in total. The average Bonchev–Trinajstić information content (AvgIpc) is 3.25. The fourth-order valence-electron chi connectivity index (χ4n) is 3.16. The summed E-state index contributed by atoms with van der Waals surface area (Å²) in [7, 11) is 1.77. The van der Waals surface area contributed by atoms with E-state index in [-0.39, 0.29) is 24.0 Å². The van der Waals surface area contributed by atoms with Crippen molar-refractivity contribution in [2.45, 2.75) is 38.9 Å². The molecule has 0 spiro atoms. The van der Waals surface area contributed by atoms with Crippen LogP contribution in [0.4, 0.5) is 0 Å². The minimum absolute atomic E-state index is 0. The van der Waals surface area contributed by atoms with Gasteiger partial charge in [-0.05, 0) is 31.9 Å². The molecule has 1 saturated heterocycles. The summed E-state index contributed by atoms with van der Waals surface area (Å²) in [6, 6.07) is 11.2. The van der Waals surface area contributed by atoms with Crippen LogP contribution in [0.2, 0.25) is 0 Å². The standard InChI is InChI=1S/C18H26N6O.HI/c1-14-22-17(25-23-14)12-21-18(19-2)20-11-16-9-6-10-24(16)13-15-7-4-3-5-8-15;/h3-5,7-8,16H,6,9-13H2,1-2H3,(H2,19,20,21);1H. The molecule has 1 aliphatic heterocycles. The quantitative estimate of drug-likeness (QED) is 0.384. The molecule has 26 heavy (non-hydrogen) atoms. The highest BCUT2D eigenvalue weighted by molar-refractivity contribution is 14.0. The molecular formula is C18H27IN6O. The van der Waals surface area contributed by atoms with Crippen LogP contribution < -0.4 is 10.6 Å². The Kier molecular flexibility index (Phi) is 8.30. The van der Waals surface area contributed by atoms with Crippen molar-refractivity contribution < 1.29 is 4.52 Å². The second kappa shape index (κ2) is 10.5. The highest BCUT2D eigenvalue weighted by Gasteiger charge is 2.24. The average molecular weight is 470 g/mol. The molecule has 7 nitrogen and oxygen atoms in total. The monoisotopic (exact) mass is 470 g/mol. The van der Waals surface area contributed by atoms with E-state index in [1.807, 2.05) is 6.92 Å². The highest BCUT2D eigenvalue weighted by atomic mass is 127. The molecule has 0 saturated carbocycles. The number of hydrogen-bond donors (Lipinski definition) is 2. The van der Waals surface area contributed by atoms with Gasteiger partial charge >= 0.3 is 0 Å². The van der Waals surface area contributed by atoms with Crippen LogP contribution in [-0.4, -0.2) is 47.2 Å². The number of aryl methyl sites for hydroxylation is 1. The van der Waals surface area contributed by atoms with Crippen LogP contribution in [-0.2, 0) is 13.1 Å². The van der Waals surface area contributed by atoms with Gasteiger partial charge in [-0.2, -0.15) is 4.98 Å². The maximum Gasteiger partial charge on any atom is 0.246 e. The highest BCUT2D eigenvalue weighted by Crippen LogP contribution is 2.19. The molecule has 3 rings (SSSR count). The number of aromatic nitrogens is 2. The fraction of sp³-hybridized carbons (Fsp3) is 0.500. The Bertz CT molecular complexity index is 690. The molecule has 1 aliphatic rings. The van der Waals surface area contributed by atoms with Crippen molar-refractivity contribution in [1.82, 2.24) is 25.7 Å². The second-order valence-electron chi connectivity index (χ2n) is 6.29. The van der Waals surface area contributed by atoms with Crippen LogP contribution in [0.3, 0.4) is 0 Å². The van der Waals surface area contributed by atoms with Gasteiger partial charge in [0.05, 0.1) is 6.54 Å². The molecular weight excluding hydrogens is 443 g/mol. The summed E-state index contributed by atoms with van der Waals surface area (Å²) in [5, 5.41) is 10.4. The lowest BCUT2D eigenvalue weighted by Crippen LogP contribution is -2.44. The number of aliphatic imine (C=N–C) groups is 1. The molecule has 2 heterocycles. The van der Waals surface area contributed by atoms with Crippen LogP contribution >= 0.6 is 24.0 Å². The maximum atomic E-state index is 5.11. The van der Waals surface area contributed by atoms with Crippen molar-refractivity contribution in [2.75, 3.05) is 20.1 Å². The van der Waals surface area contributed by atoms with Crippen molar-refractivity contribution >= 4 is 29.9 Å². The third kappa shape index (κ3) is 5.94. The van der Waals surface area contributed by atoms with E-state index in [2.05, 4.69) is 61.0 Å². The smallest absolute Gasteiger partial charge is 0.246 e. The second-order valence-corrected chi connectivity index (χ2v) is 6.29. The predicted octanol–water partition coefficient (Wildman–Crippen LogP) is 2.33.